The van der Waals surface area contributed by atoms with Crippen LogP contribution in [0.2, 0.25) is 0 Å². The second-order valence-corrected chi connectivity index (χ2v) is 9.39. The first-order valence-corrected chi connectivity index (χ1v) is 12.5. The molecule has 8 heteroatoms. The summed E-state index contributed by atoms with van der Waals surface area (Å²) in [5.41, 5.74) is 2.25. The number of anilines is 1. The van der Waals surface area contributed by atoms with Gasteiger partial charge in [-0.25, -0.2) is 0 Å². The third kappa shape index (κ3) is 5.82. The van der Waals surface area contributed by atoms with Gasteiger partial charge < -0.3 is 10.1 Å². The Kier molecular flexibility index (Phi) is 7.19. The Balaban J connectivity index is 1.35. The topological polar surface area (TPSA) is 93.2 Å². The fourth-order valence-corrected chi connectivity index (χ4v) is 4.71. The highest BCUT2D eigenvalue weighted by molar-refractivity contribution is 7.18. The molecule has 0 spiro atoms. The number of carbonyl (C=O) groups is 2. The molecule has 0 saturated heterocycles. The summed E-state index contributed by atoms with van der Waals surface area (Å²) < 4.78 is 5.28. The zero-order chi connectivity index (χ0) is 25.6. The van der Waals surface area contributed by atoms with E-state index in [0.717, 1.165) is 21.9 Å². The molecule has 0 aliphatic carbocycles. The number of benzene rings is 4. The maximum absolute atomic E-state index is 13.3. The molecule has 0 unspecified atom stereocenters. The molecule has 0 aliphatic rings. The van der Waals surface area contributed by atoms with Crippen molar-refractivity contribution in [3.8, 4) is 16.3 Å². The minimum absolute atomic E-state index is 0.323. The molecule has 0 fully saturated rings. The number of ether oxygens (including phenoxy) is 1. The Hall–Kier alpha value is -4.56. The van der Waals surface area contributed by atoms with Crippen LogP contribution in [-0.2, 0) is 11.2 Å². The molecular weight excluding hydrogens is 484 g/mol. The molecule has 1 atom stereocenters. The van der Waals surface area contributed by atoms with E-state index in [-0.39, 0.29) is 11.8 Å². The van der Waals surface area contributed by atoms with E-state index in [1.807, 2.05) is 91.0 Å². The SMILES string of the molecule is COc1cccc(-c2nnc(NC(=O)[C@H](Cc3ccccc3)NC(=O)c3ccc4ccccc4c3)s2)c1. The average molecular weight is 509 g/mol. The fourth-order valence-electron chi connectivity index (χ4n) is 3.97. The minimum atomic E-state index is -0.814. The number of nitrogens with one attached hydrogen (secondary N) is 2. The molecule has 0 radical (unpaired) electrons. The molecule has 1 heterocycles. The Bertz CT molecular complexity index is 1550. The number of fused-ring (bicyclic) bond motifs is 1. The van der Waals surface area contributed by atoms with Crippen LogP contribution < -0.4 is 15.4 Å². The Labute approximate surface area is 218 Å². The van der Waals surface area contributed by atoms with Gasteiger partial charge in [-0.3, -0.25) is 14.9 Å². The predicted octanol–water partition coefficient (Wildman–Crippen LogP) is 5.35. The Morgan fingerprint density at radius 3 is 2.46 bits per heavy atom. The van der Waals surface area contributed by atoms with Crippen molar-refractivity contribution >= 4 is 39.1 Å². The van der Waals surface area contributed by atoms with Gasteiger partial charge in [0.25, 0.3) is 5.91 Å². The second kappa shape index (κ2) is 11.0. The first-order valence-electron chi connectivity index (χ1n) is 11.7. The van der Waals surface area contributed by atoms with Gasteiger partial charge in [-0.05, 0) is 40.6 Å². The Morgan fingerprint density at radius 2 is 1.65 bits per heavy atom. The molecule has 5 aromatic rings. The molecule has 2 amide bonds. The monoisotopic (exact) mass is 508 g/mol. The van der Waals surface area contributed by atoms with E-state index in [4.69, 9.17) is 4.74 Å². The minimum Gasteiger partial charge on any atom is -0.497 e. The van der Waals surface area contributed by atoms with Crippen LogP contribution in [0.5, 0.6) is 5.75 Å². The van der Waals surface area contributed by atoms with Crippen molar-refractivity contribution in [3.63, 3.8) is 0 Å². The van der Waals surface area contributed by atoms with Gasteiger partial charge in [0.05, 0.1) is 7.11 Å². The predicted molar refractivity (Wildman–Crippen MR) is 146 cm³/mol. The van der Waals surface area contributed by atoms with Crippen LogP contribution in [0.15, 0.2) is 97.1 Å². The summed E-state index contributed by atoms with van der Waals surface area (Å²) in [4.78, 5) is 26.5. The summed E-state index contributed by atoms with van der Waals surface area (Å²) in [5.74, 6) is 0.0140. The zero-order valence-electron chi connectivity index (χ0n) is 20.0. The largest absolute Gasteiger partial charge is 0.497 e. The standard InChI is InChI=1S/C29H24N4O3S/c1-36-24-13-7-12-23(18-24)28-32-33-29(37-28)31-27(35)25(16-19-8-3-2-4-9-19)30-26(34)22-15-14-20-10-5-6-11-21(20)17-22/h2-15,17-18,25H,16H2,1H3,(H,30,34)(H,31,33,35)/t25-/m0/s1. The molecule has 4 aromatic carbocycles. The van der Waals surface area contributed by atoms with Gasteiger partial charge in [0.1, 0.15) is 16.8 Å². The molecule has 7 nitrogen and oxygen atoms in total. The quantitative estimate of drug-likeness (QED) is 0.295. The van der Waals surface area contributed by atoms with E-state index in [1.54, 1.807) is 13.2 Å². The van der Waals surface area contributed by atoms with Gasteiger partial charge in [0.15, 0.2) is 0 Å². The van der Waals surface area contributed by atoms with Crippen LogP contribution >= 0.6 is 11.3 Å². The van der Waals surface area contributed by atoms with E-state index >= 15 is 0 Å². The number of methoxy groups -OCH3 is 1. The molecule has 184 valence electrons. The van der Waals surface area contributed by atoms with Crippen molar-refractivity contribution in [1.29, 1.82) is 0 Å². The lowest BCUT2D eigenvalue weighted by molar-refractivity contribution is -0.118. The number of nitrogens with zero attached hydrogens (tertiary/aromatic N) is 2. The summed E-state index contributed by atoms with van der Waals surface area (Å²) in [7, 11) is 1.60. The van der Waals surface area contributed by atoms with Crippen molar-refractivity contribution < 1.29 is 14.3 Å². The van der Waals surface area contributed by atoms with Gasteiger partial charge in [0, 0.05) is 17.5 Å². The highest BCUT2D eigenvalue weighted by Crippen LogP contribution is 2.29. The maximum Gasteiger partial charge on any atom is 0.251 e. The van der Waals surface area contributed by atoms with E-state index < -0.39 is 6.04 Å². The first kappa shape index (κ1) is 24.1. The van der Waals surface area contributed by atoms with E-state index in [1.165, 1.54) is 11.3 Å². The van der Waals surface area contributed by atoms with Crippen molar-refractivity contribution in [2.75, 3.05) is 12.4 Å². The summed E-state index contributed by atoms with van der Waals surface area (Å²) in [6.07, 6.45) is 0.327. The molecule has 5 rings (SSSR count). The smallest absolute Gasteiger partial charge is 0.251 e. The van der Waals surface area contributed by atoms with E-state index in [9.17, 15) is 9.59 Å². The summed E-state index contributed by atoms with van der Waals surface area (Å²) >= 11 is 1.25. The zero-order valence-corrected chi connectivity index (χ0v) is 20.9. The third-order valence-electron chi connectivity index (χ3n) is 5.89. The molecule has 1 aromatic heterocycles. The lowest BCUT2D eigenvalue weighted by Gasteiger charge is -2.18. The third-order valence-corrected chi connectivity index (χ3v) is 6.78. The van der Waals surface area contributed by atoms with Crippen LogP contribution in [0.1, 0.15) is 15.9 Å². The highest BCUT2D eigenvalue weighted by Gasteiger charge is 2.23. The number of hydrogen-bond acceptors (Lipinski definition) is 6. The lowest BCUT2D eigenvalue weighted by atomic mass is 10.0. The van der Waals surface area contributed by atoms with Gasteiger partial charge in [0.2, 0.25) is 11.0 Å². The van der Waals surface area contributed by atoms with Gasteiger partial charge in [-0.2, -0.15) is 0 Å². The highest BCUT2D eigenvalue weighted by atomic mass is 32.1. The fraction of sp³-hybridized carbons (Fsp3) is 0.103. The molecule has 0 aliphatic heterocycles. The number of hydrogen-bond donors (Lipinski definition) is 2. The van der Waals surface area contributed by atoms with E-state index in [2.05, 4.69) is 20.8 Å². The van der Waals surface area contributed by atoms with E-state index in [0.29, 0.717) is 27.9 Å². The van der Waals surface area contributed by atoms with Gasteiger partial charge in [-0.15, -0.1) is 10.2 Å². The van der Waals surface area contributed by atoms with Crippen LogP contribution in [0, 0.1) is 0 Å². The molecule has 0 saturated carbocycles. The number of amides is 2. The molecular formula is C29H24N4O3S. The summed E-state index contributed by atoms with van der Waals surface area (Å²) in [6.45, 7) is 0. The second-order valence-electron chi connectivity index (χ2n) is 8.41. The molecule has 2 N–H and O–H groups in total. The van der Waals surface area contributed by atoms with Crippen molar-refractivity contribution in [2.24, 2.45) is 0 Å². The summed E-state index contributed by atoms with van der Waals surface area (Å²) in [6, 6.07) is 29.5. The van der Waals surface area contributed by atoms with Crippen LogP contribution in [0.3, 0.4) is 0 Å². The number of carbonyl (C=O) groups excluding carboxylic acids is 2. The average Bonchev–Trinajstić information content (AvgIpc) is 3.41. The molecule has 37 heavy (non-hydrogen) atoms. The van der Waals surface area contributed by atoms with Gasteiger partial charge >= 0.3 is 0 Å². The van der Waals surface area contributed by atoms with Crippen molar-refractivity contribution in [1.82, 2.24) is 15.5 Å². The van der Waals surface area contributed by atoms with Crippen LogP contribution in [-0.4, -0.2) is 35.2 Å². The number of rotatable bonds is 8. The first-order chi connectivity index (χ1) is 18.1. The van der Waals surface area contributed by atoms with Crippen LogP contribution in [0.4, 0.5) is 5.13 Å². The Morgan fingerprint density at radius 1 is 0.865 bits per heavy atom. The number of aromatic nitrogens is 2. The normalized spacial score (nSPS) is 11.6. The lowest BCUT2D eigenvalue weighted by Crippen LogP contribution is -2.45. The maximum atomic E-state index is 13.3. The van der Waals surface area contributed by atoms with Crippen LogP contribution in [0.25, 0.3) is 21.3 Å². The van der Waals surface area contributed by atoms with Crippen molar-refractivity contribution in [2.45, 2.75) is 12.5 Å². The molecule has 0 bridgehead atoms. The van der Waals surface area contributed by atoms with Crippen molar-refractivity contribution in [3.05, 3.63) is 108 Å². The summed E-state index contributed by atoms with van der Waals surface area (Å²) in [5, 5.41) is 17.1. The van der Waals surface area contributed by atoms with Gasteiger partial charge in [-0.1, -0.05) is 84.1 Å².